The van der Waals surface area contributed by atoms with Crippen molar-refractivity contribution in [2.45, 2.75) is 19.3 Å². The van der Waals surface area contributed by atoms with Crippen LogP contribution in [0.1, 0.15) is 18.4 Å². The van der Waals surface area contributed by atoms with Gasteiger partial charge in [-0.15, -0.1) is 11.3 Å². The number of hydrogen-bond donors (Lipinski definition) is 2. The van der Waals surface area contributed by atoms with Gasteiger partial charge in [-0.3, -0.25) is 4.79 Å². The van der Waals surface area contributed by atoms with Crippen LogP contribution >= 0.6 is 11.3 Å². The van der Waals surface area contributed by atoms with E-state index in [1.165, 1.54) is 15.6 Å². The number of likely N-dealkylation sites (tertiary alicyclic amines) is 1. The van der Waals surface area contributed by atoms with E-state index >= 15 is 0 Å². The van der Waals surface area contributed by atoms with Crippen LogP contribution in [0.2, 0.25) is 0 Å². The van der Waals surface area contributed by atoms with E-state index < -0.39 is 0 Å². The van der Waals surface area contributed by atoms with Crippen LogP contribution in [-0.4, -0.2) is 36.5 Å². The molecule has 0 bridgehead atoms. The normalized spacial score (nSPS) is 14.7. The molecule has 2 aromatic carbocycles. The van der Waals surface area contributed by atoms with Crippen LogP contribution in [0.5, 0.6) is 0 Å². The number of hydrogen-bond acceptors (Lipinski definition) is 3. The molecule has 1 saturated heterocycles. The van der Waals surface area contributed by atoms with Gasteiger partial charge in [0, 0.05) is 35.9 Å². The first-order valence-electron chi connectivity index (χ1n) is 10.0. The van der Waals surface area contributed by atoms with Gasteiger partial charge in [0.05, 0.1) is 0 Å². The second kappa shape index (κ2) is 9.09. The molecule has 150 valence electrons. The van der Waals surface area contributed by atoms with E-state index in [4.69, 9.17) is 0 Å². The van der Waals surface area contributed by atoms with Gasteiger partial charge in [-0.25, -0.2) is 4.79 Å². The van der Waals surface area contributed by atoms with E-state index in [1.54, 1.807) is 16.2 Å². The predicted molar refractivity (Wildman–Crippen MR) is 118 cm³/mol. The standard InChI is InChI=1S/C23H25N3O2S/c27-22(24-13-10-18-16-29-21-9-5-4-8-20(18)21)17-11-14-26(15-12-17)23(28)25-19-6-2-1-3-7-19/h1-9,16-17H,10-15H2,(H,24,27)(H,25,28). The largest absolute Gasteiger partial charge is 0.356 e. The highest BCUT2D eigenvalue weighted by molar-refractivity contribution is 7.17. The number of amides is 3. The fourth-order valence-corrected chi connectivity index (χ4v) is 4.76. The number of piperidine rings is 1. The number of anilines is 1. The lowest BCUT2D eigenvalue weighted by atomic mass is 9.96. The maximum absolute atomic E-state index is 12.5. The number of nitrogens with zero attached hydrogens (tertiary/aromatic N) is 1. The summed E-state index contributed by atoms with van der Waals surface area (Å²) in [6, 6.07) is 17.7. The first-order valence-corrected chi connectivity index (χ1v) is 10.9. The third-order valence-corrected chi connectivity index (χ3v) is 6.45. The second-order valence-electron chi connectivity index (χ2n) is 7.36. The highest BCUT2D eigenvalue weighted by Crippen LogP contribution is 2.26. The zero-order valence-corrected chi connectivity index (χ0v) is 17.1. The summed E-state index contributed by atoms with van der Waals surface area (Å²) < 4.78 is 1.29. The monoisotopic (exact) mass is 407 g/mol. The van der Waals surface area contributed by atoms with Crippen molar-refractivity contribution in [3.8, 4) is 0 Å². The predicted octanol–water partition coefficient (Wildman–Crippen LogP) is 4.50. The molecule has 0 aliphatic carbocycles. The van der Waals surface area contributed by atoms with Crippen molar-refractivity contribution in [2.24, 2.45) is 5.92 Å². The lowest BCUT2D eigenvalue weighted by Gasteiger charge is -2.31. The summed E-state index contributed by atoms with van der Waals surface area (Å²) >= 11 is 1.75. The molecule has 2 N–H and O–H groups in total. The van der Waals surface area contributed by atoms with Crippen LogP contribution in [0.3, 0.4) is 0 Å². The van der Waals surface area contributed by atoms with Gasteiger partial charge in [-0.05, 0) is 53.8 Å². The molecule has 0 spiro atoms. The van der Waals surface area contributed by atoms with Gasteiger partial charge in [0.1, 0.15) is 0 Å². The summed E-state index contributed by atoms with van der Waals surface area (Å²) in [4.78, 5) is 26.7. The molecule has 0 unspecified atom stereocenters. The third-order valence-electron chi connectivity index (χ3n) is 5.43. The van der Waals surface area contributed by atoms with E-state index in [0.717, 1.165) is 12.1 Å². The zero-order valence-electron chi connectivity index (χ0n) is 16.3. The van der Waals surface area contributed by atoms with Crippen molar-refractivity contribution in [2.75, 3.05) is 25.0 Å². The minimum absolute atomic E-state index is 0.0185. The molecule has 4 rings (SSSR count). The van der Waals surface area contributed by atoms with Crippen molar-refractivity contribution in [1.82, 2.24) is 10.2 Å². The smallest absolute Gasteiger partial charge is 0.321 e. The minimum Gasteiger partial charge on any atom is -0.356 e. The minimum atomic E-state index is -0.0978. The molecule has 1 aliphatic rings. The van der Waals surface area contributed by atoms with Gasteiger partial charge in [0.25, 0.3) is 0 Å². The number of rotatable bonds is 5. The van der Waals surface area contributed by atoms with Crippen molar-refractivity contribution in [3.63, 3.8) is 0 Å². The van der Waals surface area contributed by atoms with E-state index in [2.05, 4.69) is 40.3 Å². The number of thiophene rings is 1. The van der Waals surface area contributed by atoms with Crippen LogP contribution in [0, 0.1) is 5.92 Å². The molecule has 5 nitrogen and oxygen atoms in total. The van der Waals surface area contributed by atoms with E-state index in [1.807, 2.05) is 30.3 Å². The molecule has 3 aromatic rings. The van der Waals surface area contributed by atoms with E-state index in [-0.39, 0.29) is 17.9 Å². The van der Waals surface area contributed by atoms with Gasteiger partial charge in [-0.2, -0.15) is 0 Å². The van der Waals surface area contributed by atoms with Crippen molar-refractivity contribution >= 4 is 39.0 Å². The van der Waals surface area contributed by atoms with Gasteiger partial charge in [0.15, 0.2) is 0 Å². The molecule has 0 saturated carbocycles. The lowest BCUT2D eigenvalue weighted by molar-refractivity contribution is -0.126. The fourth-order valence-electron chi connectivity index (χ4n) is 3.76. The molecule has 29 heavy (non-hydrogen) atoms. The number of urea groups is 1. The SMILES string of the molecule is O=C(NCCc1csc2ccccc12)C1CCN(C(=O)Nc2ccccc2)CC1. The summed E-state index contributed by atoms with van der Waals surface area (Å²) in [6.45, 7) is 1.85. The Morgan fingerprint density at radius 3 is 2.52 bits per heavy atom. The molecule has 2 heterocycles. The molecular weight excluding hydrogens is 382 g/mol. The highest BCUT2D eigenvalue weighted by atomic mass is 32.1. The quantitative estimate of drug-likeness (QED) is 0.654. The van der Waals surface area contributed by atoms with Crippen LogP contribution in [0.4, 0.5) is 10.5 Å². The molecule has 1 fully saturated rings. The third kappa shape index (κ3) is 4.77. The highest BCUT2D eigenvalue weighted by Gasteiger charge is 2.27. The van der Waals surface area contributed by atoms with Gasteiger partial charge in [-0.1, -0.05) is 36.4 Å². The average molecular weight is 408 g/mol. The van der Waals surface area contributed by atoms with Gasteiger partial charge in [0.2, 0.25) is 5.91 Å². The van der Waals surface area contributed by atoms with Crippen molar-refractivity contribution in [3.05, 3.63) is 65.5 Å². The van der Waals surface area contributed by atoms with Crippen molar-refractivity contribution < 1.29 is 9.59 Å². The van der Waals surface area contributed by atoms with Crippen LogP contribution < -0.4 is 10.6 Å². The number of nitrogens with one attached hydrogen (secondary N) is 2. The molecule has 3 amide bonds. The molecule has 1 aliphatic heterocycles. The van der Waals surface area contributed by atoms with Crippen LogP contribution in [-0.2, 0) is 11.2 Å². The maximum Gasteiger partial charge on any atom is 0.321 e. The molecule has 6 heteroatoms. The summed E-state index contributed by atoms with van der Waals surface area (Å²) in [5.41, 5.74) is 2.08. The van der Waals surface area contributed by atoms with Crippen LogP contribution in [0.15, 0.2) is 60.0 Å². The molecule has 0 atom stereocenters. The van der Waals surface area contributed by atoms with Crippen molar-refractivity contribution in [1.29, 1.82) is 0 Å². The number of benzene rings is 2. The summed E-state index contributed by atoms with van der Waals surface area (Å²) in [6.07, 6.45) is 2.25. The average Bonchev–Trinajstić information content (AvgIpc) is 3.18. The Hall–Kier alpha value is -2.86. The van der Waals surface area contributed by atoms with Crippen LogP contribution in [0.25, 0.3) is 10.1 Å². The first-order chi connectivity index (χ1) is 14.2. The number of para-hydroxylation sites is 1. The van der Waals surface area contributed by atoms with Gasteiger partial charge < -0.3 is 15.5 Å². The first kappa shape index (κ1) is 19.5. The molecular formula is C23H25N3O2S. The van der Waals surface area contributed by atoms with E-state index in [0.29, 0.717) is 32.5 Å². The summed E-state index contributed by atoms with van der Waals surface area (Å²) in [5.74, 6) is 0.0858. The Kier molecular flexibility index (Phi) is 6.10. The second-order valence-corrected chi connectivity index (χ2v) is 8.27. The zero-order chi connectivity index (χ0) is 20.1. The van der Waals surface area contributed by atoms with Gasteiger partial charge >= 0.3 is 6.03 Å². The fraction of sp³-hybridized carbons (Fsp3) is 0.304. The topological polar surface area (TPSA) is 61.4 Å². The summed E-state index contributed by atoms with van der Waals surface area (Å²) in [5, 5.41) is 9.46. The Labute approximate surface area is 174 Å². The Morgan fingerprint density at radius 1 is 1.00 bits per heavy atom. The lowest BCUT2D eigenvalue weighted by Crippen LogP contribution is -2.44. The molecule has 0 radical (unpaired) electrons. The maximum atomic E-state index is 12.5. The molecule has 1 aromatic heterocycles. The Morgan fingerprint density at radius 2 is 1.72 bits per heavy atom. The Balaban J connectivity index is 1.21. The number of carbonyl (C=O) groups excluding carboxylic acids is 2. The summed E-state index contributed by atoms with van der Waals surface area (Å²) in [7, 11) is 0. The number of carbonyl (C=O) groups is 2. The number of fused-ring (bicyclic) bond motifs is 1. The Bertz CT molecular complexity index is 978. The van der Waals surface area contributed by atoms with E-state index in [9.17, 15) is 9.59 Å².